The molecular formula is C10H13BrN2O. The second kappa shape index (κ2) is 4.46. The molecule has 1 aromatic rings. The molecule has 0 unspecified atom stereocenters. The lowest BCUT2D eigenvalue weighted by molar-refractivity contribution is 0.0943. The van der Waals surface area contributed by atoms with Crippen molar-refractivity contribution < 1.29 is 4.79 Å². The van der Waals surface area contributed by atoms with Crippen LogP contribution < -0.4 is 11.1 Å². The molecule has 0 aliphatic heterocycles. The van der Waals surface area contributed by atoms with Crippen molar-refractivity contribution in [3.8, 4) is 0 Å². The zero-order valence-corrected chi connectivity index (χ0v) is 9.76. The molecule has 1 aromatic carbocycles. The Morgan fingerprint density at radius 3 is 2.57 bits per heavy atom. The number of amides is 1. The largest absolute Gasteiger partial charge is 0.399 e. The van der Waals surface area contributed by atoms with Crippen molar-refractivity contribution in [1.82, 2.24) is 5.32 Å². The van der Waals surface area contributed by atoms with Crippen LogP contribution in [0.2, 0.25) is 0 Å². The highest BCUT2D eigenvalue weighted by atomic mass is 79.9. The van der Waals surface area contributed by atoms with Gasteiger partial charge in [0, 0.05) is 21.8 Å². The molecule has 0 atom stereocenters. The van der Waals surface area contributed by atoms with Crippen molar-refractivity contribution in [2.75, 3.05) is 5.73 Å². The molecule has 1 rings (SSSR count). The summed E-state index contributed by atoms with van der Waals surface area (Å²) in [4.78, 5) is 11.6. The smallest absolute Gasteiger partial charge is 0.251 e. The normalized spacial score (nSPS) is 10.3. The van der Waals surface area contributed by atoms with E-state index in [0.29, 0.717) is 11.3 Å². The number of hydrogen-bond donors (Lipinski definition) is 2. The molecule has 0 heterocycles. The van der Waals surface area contributed by atoms with Gasteiger partial charge in [0.05, 0.1) is 0 Å². The zero-order valence-electron chi connectivity index (χ0n) is 8.17. The summed E-state index contributed by atoms with van der Waals surface area (Å²) in [5.74, 6) is -0.104. The van der Waals surface area contributed by atoms with E-state index in [1.165, 1.54) is 0 Å². The first kappa shape index (κ1) is 11.0. The van der Waals surface area contributed by atoms with Gasteiger partial charge in [-0.25, -0.2) is 0 Å². The fourth-order valence-electron chi connectivity index (χ4n) is 1.09. The van der Waals surface area contributed by atoms with Crippen molar-refractivity contribution in [3.63, 3.8) is 0 Å². The van der Waals surface area contributed by atoms with Gasteiger partial charge in [0.1, 0.15) is 0 Å². The minimum Gasteiger partial charge on any atom is -0.399 e. The summed E-state index contributed by atoms with van der Waals surface area (Å²) in [5.41, 5.74) is 6.77. The Morgan fingerprint density at radius 1 is 1.43 bits per heavy atom. The predicted octanol–water partition coefficient (Wildman–Crippen LogP) is 2.17. The van der Waals surface area contributed by atoms with Crippen LogP contribution in [0.25, 0.3) is 0 Å². The third-order valence-corrected chi connectivity index (χ3v) is 2.06. The van der Waals surface area contributed by atoms with Gasteiger partial charge >= 0.3 is 0 Å². The topological polar surface area (TPSA) is 55.1 Å². The SMILES string of the molecule is CC(C)NC(=O)c1cc(N)cc(Br)c1. The summed E-state index contributed by atoms with van der Waals surface area (Å²) < 4.78 is 0.811. The van der Waals surface area contributed by atoms with Gasteiger partial charge in [0.25, 0.3) is 5.91 Å². The molecule has 0 aliphatic rings. The van der Waals surface area contributed by atoms with Gasteiger partial charge in [-0.2, -0.15) is 0 Å². The van der Waals surface area contributed by atoms with E-state index in [1.54, 1.807) is 18.2 Å². The Morgan fingerprint density at radius 2 is 2.07 bits per heavy atom. The number of carbonyl (C=O) groups is 1. The maximum Gasteiger partial charge on any atom is 0.251 e. The van der Waals surface area contributed by atoms with Crippen LogP contribution in [0.5, 0.6) is 0 Å². The highest BCUT2D eigenvalue weighted by Crippen LogP contribution is 2.17. The fraction of sp³-hybridized carbons (Fsp3) is 0.300. The number of nitrogens with one attached hydrogen (secondary N) is 1. The summed E-state index contributed by atoms with van der Waals surface area (Å²) in [7, 11) is 0. The molecule has 3 nitrogen and oxygen atoms in total. The molecule has 76 valence electrons. The highest BCUT2D eigenvalue weighted by molar-refractivity contribution is 9.10. The molecule has 0 radical (unpaired) electrons. The van der Waals surface area contributed by atoms with Crippen molar-refractivity contribution in [3.05, 3.63) is 28.2 Å². The standard InChI is InChI=1S/C10H13BrN2O/c1-6(2)13-10(14)7-3-8(11)5-9(12)4-7/h3-6H,12H2,1-2H3,(H,13,14). The zero-order chi connectivity index (χ0) is 10.7. The van der Waals surface area contributed by atoms with Crippen molar-refractivity contribution in [2.24, 2.45) is 0 Å². The number of nitrogen functional groups attached to an aromatic ring is 1. The monoisotopic (exact) mass is 256 g/mol. The lowest BCUT2D eigenvalue weighted by Gasteiger charge is -2.08. The van der Waals surface area contributed by atoms with Gasteiger partial charge in [0.2, 0.25) is 0 Å². The predicted molar refractivity (Wildman–Crippen MR) is 61.2 cm³/mol. The average Bonchev–Trinajstić information content (AvgIpc) is 2.00. The number of carbonyl (C=O) groups excluding carboxylic acids is 1. The molecule has 0 aromatic heterocycles. The maximum absolute atomic E-state index is 11.6. The quantitative estimate of drug-likeness (QED) is 0.798. The number of anilines is 1. The van der Waals surface area contributed by atoms with Gasteiger partial charge in [-0.1, -0.05) is 15.9 Å². The van der Waals surface area contributed by atoms with E-state index in [9.17, 15) is 4.79 Å². The van der Waals surface area contributed by atoms with Crippen LogP contribution >= 0.6 is 15.9 Å². The molecule has 0 fully saturated rings. The third-order valence-electron chi connectivity index (χ3n) is 1.60. The molecule has 14 heavy (non-hydrogen) atoms. The van der Waals surface area contributed by atoms with Gasteiger partial charge in [0.15, 0.2) is 0 Å². The number of hydrogen-bond acceptors (Lipinski definition) is 2. The molecule has 4 heteroatoms. The van der Waals surface area contributed by atoms with Gasteiger partial charge in [-0.05, 0) is 32.0 Å². The molecule has 0 saturated heterocycles. The van der Waals surface area contributed by atoms with Crippen LogP contribution in [0.3, 0.4) is 0 Å². The van der Waals surface area contributed by atoms with Crippen LogP contribution in [0.1, 0.15) is 24.2 Å². The maximum atomic E-state index is 11.6. The summed E-state index contributed by atoms with van der Waals surface area (Å²) in [6.45, 7) is 3.83. The lowest BCUT2D eigenvalue weighted by Crippen LogP contribution is -2.30. The van der Waals surface area contributed by atoms with Crippen LogP contribution in [0, 0.1) is 0 Å². The molecule has 0 saturated carbocycles. The second-order valence-corrected chi connectivity index (χ2v) is 4.32. The van der Waals surface area contributed by atoms with Crippen LogP contribution in [-0.4, -0.2) is 11.9 Å². The summed E-state index contributed by atoms with van der Waals surface area (Å²) in [6.07, 6.45) is 0. The van der Waals surface area contributed by atoms with Crippen LogP contribution in [-0.2, 0) is 0 Å². The van der Waals surface area contributed by atoms with Crippen molar-refractivity contribution in [2.45, 2.75) is 19.9 Å². The molecule has 0 bridgehead atoms. The molecule has 0 aliphatic carbocycles. The first-order chi connectivity index (χ1) is 6.49. The van der Waals surface area contributed by atoms with Crippen LogP contribution in [0.15, 0.2) is 22.7 Å². The van der Waals surface area contributed by atoms with Gasteiger partial charge < -0.3 is 11.1 Å². The Labute approximate surface area is 91.8 Å². The minimum absolute atomic E-state index is 0.104. The summed E-state index contributed by atoms with van der Waals surface area (Å²) in [5, 5.41) is 2.80. The number of benzene rings is 1. The Balaban J connectivity index is 2.90. The number of rotatable bonds is 2. The van der Waals surface area contributed by atoms with E-state index in [-0.39, 0.29) is 11.9 Å². The minimum atomic E-state index is -0.104. The number of nitrogens with two attached hydrogens (primary N) is 1. The van der Waals surface area contributed by atoms with Crippen LogP contribution in [0.4, 0.5) is 5.69 Å². The Kier molecular flexibility index (Phi) is 3.52. The van der Waals surface area contributed by atoms with E-state index in [1.807, 2.05) is 13.8 Å². The molecule has 3 N–H and O–H groups in total. The second-order valence-electron chi connectivity index (χ2n) is 3.40. The van der Waals surface area contributed by atoms with Gasteiger partial charge in [-0.15, -0.1) is 0 Å². The van der Waals surface area contributed by atoms with E-state index in [0.717, 1.165) is 4.47 Å². The van der Waals surface area contributed by atoms with Crippen molar-refractivity contribution in [1.29, 1.82) is 0 Å². The van der Waals surface area contributed by atoms with E-state index < -0.39 is 0 Å². The third kappa shape index (κ3) is 3.03. The highest BCUT2D eigenvalue weighted by Gasteiger charge is 2.07. The van der Waals surface area contributed by atoms with Gasteiger partial charge in [-0.3, -0.25) is 4.79 Å². The first-order valence-corrected chi connectivity index (χ1v) is 5.15. The lowest BCUT2D eigenvalue weighted by atomic mass is 10.2. The first-order valence-electron chi connectivity index (χ1n) is 4.36. The fourth-order valence-corrected chi connectivity index (χ4v) is 1.60. The van der Waals surface area contributed by atoms with E-state index >= 15 is 0 Å². The molecule has 0 spiro atoms. The number of halogens is 1. The molecular weight excluding hydrogens is 244 g/mol. The average molecular weight is 257 g/mol. The Bertz CT molecular complexity index is 330. The Hall–Kier alpha value is -1.03. The molecule has 1 amide bonds. The van der Waals surface area contributed by atoms with E-state index in [4.69, 9.17) is 5.73 Å². The van der Waals surface area contributed by atoms with E-state index in [2.05, 4.69) is 21.2 Å². The summed E-state index contributed by atoms with van der Waals surface area (Å²) in [6, 6.07) is 5.28. The summed E-state index contributed by atoms with van der Waals surface area (Å²) >= 11 is 3.29. The van der Waals surface area contributed by atoms with Crippen molar-refractivity contribution >= 4 is 27.5 Å².